The Bertz CT molecular complexity index is 139. The van der Waals surface area contributed by atoms with Gasteiger partial charge in [-0.2, -0.15) is 5.06 Å². The number of nitrogens with zero attached hydrogens (tertiary/aromatic N) is 1. The number of nitrogens with one attached hydrogen (secondary N) is 1. The van der Waals surface area contributed by atoms with Crippen molar-refractivity contribution >= 4 is 11.7 Å². The highest BCUT2D eigenvalue weighted by Gasteiger charge is 2.25. The van der Waals surface area contributed by atoms with E-state index in [1.165, 1.54) is 7.11 Å². The molecule has 0 aromatic rings. The Kier molecular flexibility index (Phi) is 1.48. The molecule has 1 amide bonds. The summed E-state index contributed by atoms with van der Waals surface area (Å²) in [4.78, 5) is 15.3. The molecule has 0 saturated carbocycles. The molecule has 0 spiro atoms. The number of hydrogen-bond donors (Lipinski definition) is 1. The molecule has 1 fully saturated rings. The Hall–Kier alpha value is -0.900. The standard InChI is InChI=1S/C5H8N2O2/c1-9-7-4(6)2-3-5(7)8/h6H,2-3H2,1H3. The first kappa shape index (κ1) is 6.22. The predicted octanol–water partition coefficient (Wildman–Crippen LogP) is 0.147. The molecular weight excluding hydrogens is 120 g/mol. The molecule has 0 aliphatic carbocycles. The van der Waals surface area contributed by atoms with Crippen LogP contribution in [-0.2, 0) is 9.63 Å². The van der Waals surface area contributed by atoms with Gasteiger partial charge in [0.15, 0.2) is 0 Å². The highest BCUT2D eigenvalue weighted by atomic mass is 16.7. The lowest BCUT2D eigenvalue weighted by molar-refractivity contribution is -0.152. The van der Waals surface area contributed by atoms with E-state index in [4.69, 9.17) is 5.41 Å². The van der Waals surface area contributed by atoms with Crippen LogP contribution in [0.3, 0.4) is 0 Å². The molecule has 0 unspecified atom stereocenters. The quantitative estimate of drug-likeness (QED) is 0.546. The van der Waals surface area contributed by atoms with Crippen molar-refractivity contribution in [2.75, 3.05) is 7.11 Å². The summed E-state index contributed by atoms with van der Waals surface area (Å²) in [5, 5.41) is 8.13. The molecule has 1 aliphatic rings. The Morgan fingerprint density at radius 1 is 1.67 bits per heavy atom. The van der Waals surface area contributed by atoms with Crippen molar-refractivity contribution in [1.29, 1.82) is 5.41 Å². The molecule has 0 radical (unpaired) electrons. The first-order valence-corrected chi connectivity index (χ1v) is 2.70. The summed E-state index contributed by atoms with van der Waals surface area (Å²) in [6, 6.07) is 0. The lowest BCUT2D eigenvalue weighted by Gasteiger charge is -2.09. The molecular formula is C5H8N2O2. The van der Waals surface area contributed by atoms with Crippen LogP contribution >= 0.6 is 0 Å². The summed E-state index contributed by atoms with van der Waals surface area (Å²) >= 11 is 0. The van der Waals surface area contributed by atoms with Crippen molar-refractivity contribution in [3.8, 4) is 0 Å². The van der Waals surface area contributed by atoms with E-state index < -0.39 is 0 Å². The van der Waals surface area contributed by atoms with Crippen LogP contribution in [0, 0.1) is 5.41 Å². The second-order valence-electron chi connectivity index (χ2n) is 1.82. The van der Waals surface area contributed by atoms with Gasteiger partial charge in [0.05, 0.1) is 7.11 Å². The van der Waals surface area contributed by atoms with Crippen LogP contribution in [0.1, 0.15) is 12.8 Å². The van der Waals surface area contributed by atoms with Crippen LogP contribution in [0.15, 0.2) is 0 Å². The minimum Gasteiger partial charge on any atom is -0.286 e. The molecule has 4 nitrogen and oxygen atoms in total. The molecule has 1 aliphatic heterocycles. The van der Waals surface area contributed by atoms with Crippen LogP contribution in [-0.4, -0.2) is 23.9 Å². The average Bonchev–Trinajstić information content (AvgIpc) is 2.12. The van der Waals surface area contributed by atoms with E-state index in [1.54, 1.807) is 0 Å². The Morgan fingerprint density at radius 3 is 2.56 bits per heavy atom. The number of carbonyl (C=O) groups is 1. The smallest absolute Gasteiger partial charge is 0.252 e. The van der Waals surface area contributed by atoms with Crippen LogP contribution in [0.25, 0.3) is 0 Å². The van der Waals surface area contributed by atoms with Crippen molar-refractivity contribution in [2.45, 2.75) is 12.8 Å². The van der Waals surface area contributed by atoms with Crippen LogP contribution < -0.4 is 0 Å². The number of rotatable bonds is 1. The predicted molar refractivity (Wildman–Crippen MR) is 30.8 cm³/mol. The van der Waals surface area contributed by atoms with Crippen LogP contribution in [0.4, 0.5) is 0 Å². The van der Waals surface area contributed by atoms with Gasteiger partial charge in [0, 0.05) is 12.8 Å². The number of amidine groups is 1. The monoisotopic (exact) mass is 128 g/mol. The zero-order valence-corrected chi connectivity index (χ0v) is 5.18. The Balaban J connectivity index is 2.66. The molecule has 0 aromatic carbocycles. The number of carbonyl (C=O) groups excluding carboxylic acids is 1. The van der Waals surface area contributed by atoms with Gasteiger partial charge in [0.2, 0.25) is 0 Å². The van der Waals surface area contributed by atoms with Gasteiger partial charge in [-0.1, -0.05) is 0 Å². The highest BCUT2D eigenvalue weighted by molar-refractivity contribution is 6.01. The third-order valence-electron chi connectivity index (χ3n) is 1.23. The van der Waals surface area contributed by atoms with Crippen molar-refractivity contribution in [3.63, 3.8) is 0 Å². The average molecular weight is 128 g/mol. The molecule has 50 valence electrons. The fourth-order valence-corrected chi connectivity index (χ4v) is 0.791. The maximum atomic E-state index is 10.7. The molecule has 4 heteroatoms. The van der Waals surface area contributed by atoms with Gasteiger partial charge in [0.25, 0.3) is 5.91 Å². The minimum atomic E-state index is -0.123. The maximum absolute atomic E-state index is 10.7. The van der Waals surface area contributed by atoms with Crippen molar-refractivity contribution in [3.05, 3.63) is 0 Å². The van der Waals surface area contributed by atoms with E-state index in [9.17, 15) is 4.79 Å². The van der Waals surface area contributed by atoms with Gasteiger partial charge < -0.3 is 0 Å². The molecule has 0 aromatic heterocycles. The Labute approximate surface area is 52.9 Å². The summed E-state index contributed by atoms with van der Waals surface area (Å²) in [7, 11) is 1.39. The van der Waals surface area contributed by atoms with E-state index in [-0.39, 0.29) is 11.7 Å². The fraction of sp³-hybridized carbons (Fsp3) is 0.600. The topological polar surface area (TPSA) is 53.4 Å². The second-order valence-corrected chi connectivity index (χ2v) is 1.82. The van der Waals surface area contributed by atoms with Crippen molar-refractivity contribution in [1.82, 2.24) is 5.06 Å². The van der Waals surface area contributed by atoms with Gasteiger partial charge in [0.1, 0.15) is 5.84 Å². The molecule has 0 bridgehead atoms. The summed E-state index contributed by atoms with van der Waals surface area (Å²) < 4.78 is 0. The zero-order valence-electron chi connectivity index (χ0n) is 5.18. The number of hydrogen-bond acceptors (Lipinski definition) is 3. The lowest BCUT2D eigenvalue weighted by atomic mass is 10.4. The fourth-order valence-electron chi connectivity index (χ4n) is 0.791. The summed E-state index contributed by atoms with van der Waals surface area (Å²) in [6.07, 6.45) is 0.916. The largest absolute Gasteiger partial charge is 0.286 e. The molecule has 1 N–H and O–H groups in total. The van der Waals surface area contributed by atoms with Gasteiger partial charge in [-0.25, -0.2) is 0 Å². The van der Waals surface area contributed by atoms with Crippen molar-refractivity contribution in [2.24, 2.45) is 0 Å². The van der Waals surface area contributed by atoms with E-state index in [0.29, 0.717) is 12.8 Å². The van der Waals surface area contributed by atoms with Crippen LogP contribution in [0.5, 0.6) is 0 Å². The SMILES string of the molecule is CON1C(=N)CCC1=O. The van der Waals surface area contributed by atoms with Gasteiger partial charge >= 0.3 is 0 Å². The van der Waals surface area contributed by atoms with E-state index >= 15 is 0 Å². The first-order chi connectivity index (χ1) is 4.25. The minimum absolute atomic E-state index is 0.123. The molecule has 1 rings (SSSR count). The van der Waals surface area contributed by atoms with Gasteiger partial charge in [-0.15, -0.1) is 0 Å². The van der Waals surface area contributed by atoms with E-state index in [0.717, 1.165) is 5.06 Å². The summed E-state index contributed by atoms with van der Waals surface area (Å²) in [5.74, 6) is 0.130. The van der Waals surface area contributed by atoms with Crippen molar-refractivity contribution < 1.29 is 9.63 Å². The normalized spacial score (nSPS) is 19.4. The summed E-state index contributed by atoms with van der Waals surface area (Å²) in [6.45, 7) is 0. The molecule has 0 atom stereocenters. The van der Waals surface area contributed by atoms with E-state index in [2.05, 4.69) is 4.84 Å². The van der Waals surface area contributed by atoms with Crippen LogP contribution in [0.2, 0.25) is 0 Å². The van der Waals surface area contributed by atoms with E-state index in [1.807, 2.05) is 0 Å². The van der Waals surface area contributed by atoms with Gasteiger partial charge in [-0.3, -0.25) is 15.0 Å². The lowest BCUT2D eigenvalue weighted by Crippen LogP contribution is -2.26. The third kappa shape index (κ3) is 0.929. The number of hydroxylamine groups is 2. The number of amides is 1. The zero-order chi connectivity index (χ0) is 6.85. The molecule has 1 saturated heterocycles. The summed E-state index contributed by atoms with van der Waals surface area (Å²) in [5.41, 5.74) is 0. The Morgan fingerprint density at radius 2 is 2.33 bits per heavy atom. The molecule has 1 heterocycles. The first-order valence-electron chi connectivity index (χ1n) is 2.70. The van der Waals surface area contributed by atoms with Gasteiger partial charge in [-0.05, 0) is 0 Å². The maximum Gasteiger partial charge on any atom is 0.252 e. The third-order valence-corrected chi connectivity index (χ3v) is 1.23. The molecule has 9 heavy (non-hydrogen) atoms. The highest BCUT2D eigenvalue weighted by Crippen LogP contribution is 2.10. The second kappa shape index (κ2) is 2.14.